The Kier molecular flexibility index (Phi) is 7.83. The fraction of sp³-hybridized carbons (Fsp3) is 0.345. The number of piperazine rings is 1. The van der Waals surface area contributed by atoms with Gasteiger partial charge >= 0.3 is 0 Å². The summed E-state index contributed by atoms with van der Waals surface area (Å²) in [7, 11) is 2.09. The third kappa shape index (κ3) is 5.48. The second-order valence-electron chi connectivity index (χ2n) is 9.81. The molecule has 0 aromatic heterocycles. The number of fused-ring (bicyclic) bond motifs is 1. The van der Waals surface area contributed by atoms with Gasteiger partial charge in [-0.1, -0.05) is 30.3 Å². The molecule has 2 aliphatic rings. The topological polar surface area (TPSA) is 76.5 Å². The molecule has 1 atom stereocenters. The highest BCUT2D eigenvalue weighted by Gasteiger charge is 2.32. The molecule has 3 aromatic rings. The summed E-state index contributed by atoms with van der Waals surface area (Å²) < 4.78 is 33.3. The van der Waals surface area contributed by atoms with Crippen LogP contribution in [0, 0.1) is 11.6 Å². The average molecular weight is 524 g/mol. The van der Waals surface area contributed by atoms with E-state index >= 15 is 0 Å². The SMILES string of the molecule is CN1CCN(CCOC(O)c2ccc(-c3ccc(F)c(F)c3)cc2N2Cc3ccc(CO)cc3C2=O)CC1. The first-order valence-electron chi connectivity index (χ1n) is 12.7. The molecular formula is C29H31F2N3O4. The molecule has 5 rings (SSSR count). The number of likely N-dealkylation sites (N-methyl/N-ethyl adjacent to an activating group) is 1. The maximum absolute atomic E-state index is 14.0. The number of amides is 1. The molecule has 0 saturated carbocycles. The van der Waals surface area contributed by atoms with Crippen molar-refractivity contribution in [3.8, 4) is 11.1 Å². The summed E-state index contributed by atoms with van der Waals surface area (Å²) >= 11 is 0. The third-order valence-electron chi connectivity index (χ3n) is 7.28. The Bertz CT molecular complexity index is 1330. The molecule has 2 aliphatic heterocycles. The van der Waals surface area contributed by atoms with E-state index in [2.05, 4.69) is 16.8 Å². The molecule has 1 fully saturated rings. The van der Waals surface area contributed by atoms with Crippen LogP contribution in [0.15, 0.2) is 54.6 Å². The Labute approximate surface area is 220 Å². The van der Waals surface area contributed by atoms with Crippen molar-refractivity contribution in [3.63, 3.8) is 0 Å². The van der Waals surface area contributed by atoms with Gasteiger partial charge in [0.2, 0.25) is 0 Å². The van der Waals surface area contributed by atoms with E-state index in [1.165, 1.54) is 11.0 Å². The maximum Gasteiger partial charge on any atom is 0.258 e. The van der Waals surface area contributed by atoms with Gasteiger partial charge in [0.05, 0.1) is 25.4 Å². The number of carbonyl (C=O) groups is 1. The van der Waals surface area contributed by atoms with Gasteiger partial charge in [-0.3, -0.25) is 9.69 Å². The van der Waals surface area contributed by atoms with Crippen molar-refractivity contribution in [2.45, 2.75) is 19.4 Å². The maximum atomic E-state index is 14.0. The molecule has 0 radical (unpaired) electrons. The van der Waals surface area contributed by atoms with Gasteiger partial charge in [-0.05, 0) is 53.6 Å². The predicted molar refractivity (Wildman–Crippen MR) is 140 cm³/mol. The molecular weight excluding hydrogens is 492 g/mol. The zero-order chi connectivity index (χ0) is 26.8. The van der Waals surface area contributed by atoms with E-state index in [1.807, 2.05) is 0 Å². The fourth-order valence-corrected chi connectivity index (χ4v) is 4.94. The second kappa shape index (κ2) is 11.3. The normalized spacial score (nSPS) is 17.2. The van der Waals surface area contributed by atoms with E-state index in [0.717, 1.165) is 43.9 Å². The van der Waals surface area contributed by atoms with E-state index in [9.17, 15) is 23.8 Å². The summed E-state index contributed by atoms with van der Waals surface area (Å²) in [5, 5.41) is 20.5. The summed E-state index contributed by atoms with van der Waals surface area (Å²) in [5.41, 5.74) is 3.72. The highest BCUT2D eigenvalue weighted by molar-refractivity contribution is 6.10. The summed E-state index contributed by atoms with van der Waals surface area (Å²) in [6.07, 6.45) is -1.29. The molecule has 1 saturated heterocycles. The standard InChI is InChI=1S/C29H31F2N3O4/c1-32-8-10-33(11-9-32)12-13-38-29(37)23-6-4-21(20-5-7-25(30)26(31)15-20)16-27(23)34-17-22-3-2-19(18-35)14-24(22)28(34)36/h2-7,14-16,29,35,37H,8-13,17-18H2,1H3. The molecule has 38 heavy (non-hydrogen) atoms. The number of hydrogen-bond donors (Lipinski definition) is 2. The number of benzene rings is 3. The minimum absolute atomic E-state index is 0.183. The van der Waals surface area contributed by atoms with Gasteiger partial charge in [0.1, 0.15) is 0 Å². The quantitative estimate of drug-likeness (QED) is 0.440. The molecule has 3 aromatic carbocycles. The molecule has 1 unspecified atom stereocenters. The average Bonchev–Trinajstić information content (AvgIpc) is 3.26. The lowest BCUT2D eigenvalue weighted by atomic mass is 10.0. The van der Waals surface area contributed by atoms with E-state index < -0.39 is 17.9 Å². The Morgan fingerprint density at radius 2 is 1.68 bits per heavy atom. The molecule has 2 heterocycles. The number of rotatable bonds is 8. The Morgan fingerprint density at radius 3 is 2.42 bits per heavy atom. The van der Waals surface area contributed by atoms with Crippen LogP contribution in [0.4, 0.5) is 14.5 Å². The second-order valence-corrected chi connectivity index (χ2v) is 9.81. The number of anilines is 1. The molecule has 0 spiro atoms. The van der Waals surface area contributed by atoms with Crippen LogP contribution in [0.25, 0.3) is 11.1 Å². The lowest BCUT2D eigenvalue weighted by molar-refractivity contribution is -0.107. The van der Waals surface area contributed by atoms with Gasteiger partial charge in [0.25, 0.3) is 5.91 Å². The Hall–Kier alpha value is -3.21. The minimum Gasteiger partial charge on any atom is -0.392 e. The summed E-state index contributed by atoms with van der Waals surface area (Å²) in [6, 6.07) is 13.9. The van der Waals surface area contributed by atoms with Gasteiger partial charge in [-0.2, -0.15) is 0 Å². The van der Waals surface area contributed by atoms with Gasteiger partial charge in [-0.15, -0.1) is 0 Å². The number of aliphatic hydroxyl groups is 2. The summed E-state index contributed by atoms with van der Waals surface area (Å²) in [4.78, 5) is 19.5. The van der Waals surface area contributed by atoms with Crippen molar-refractivity contribution < 1.29 is 28.5 Å². The van der Waals surface area contributed by atoms with Crippen LogP contribution in [-0.4, -0.2) is 72.3 Å². The van der Waals surface area contributed by atoms with Crippen molar-refractivity contribution >= 4 is 11.6 Å². The van der Waals surface area contributed by atoms with Gasteiger partial charge in [-0.25, -0.2) is 8.78 Å². The molecule has 7 nitrogen and oxygen atoms in total. The van der Waals surface area contributed by atoms with Crippen LogP contribution in [0.1, 0.15) is 33.3 Å². The van der Waals surface area contributed by atoms with Crippen molar-refractivity contribution in [2.24, 2.45) is 0 Å². The molecule has 2 N–H and O–H groups in total. The third-order valence-corrected chi connectivity index (χ3v) is 7.28. The predicted octanol–water partition coefficient (Wildman–Crippen LogP) is 3.54. The molecule has 0 bridgehead atoms. The van der Waals surface area contributed by atoms with Crippen molar-refractivity contribution in [1.29, 1.82) is 0 Å². The zero-order valence-corrected chi connectivity index (χ0v) is 21.2. The highest BCUT2D eigenvalue weighted by atomic mass is 19.2. The first-order valence-corrected chi connectivity index (χ1v) is 12.7. The summed E-state index contributed by atoms with van der Waals surface area (Å²) in [5.74, 6) is -2.19. The highest BCUT2D eigenvalue weighted by Crippen LogP contribution is 2.37. The van der Waals surface area contributed by atoms with Gasteiger partial charge in [0, 0.05) is 43.9 Å². The minimum atomic E-state index is -1.29. The first-order chi connectivity index (χ1) is 18.3. The van der Waals surface area contributed by atoms with Crippen LogP contribution in [0.5, 0.6) is 0 Å². The van der Waals surface area contributed by atoms with E-state index in [0.29, 0.717) is 46.7 Å². The Balaban J connectivity index is 1.42. The van der Waals surface area contributed by atoms with Crippen LogP contribution < -0.4 is 4.90 Å². The van der Waals surface area contributed by atoms with Crippen LogP contribution in [0.3, 0.4) is 0 Å². The summed E-state index contributed by atoms with van der Waals surface area (Å²) in [6.45, 7) is 4.89. The van der Waals surface area contributed by atoms with E-state index in [-0.39, 0.29) is 19.1 Å². The number of aliphatic hydroxyl groups excluding tert-OH is 2. The van der Waals surface area contributed by atoms with E-state index in [1.54, 1.807) is 36.4 Å². The van der Waals surface area contributed by atoms with Gasteiger partial charge < -0.3 is 24.7 Å². The molecule has 1 amide bonds. The van der Waals surface area contributed by atoms with Crippen LogP contribution in [-0.2, 0) is 17.9 Å². The number of halogens is 2. The fourth-order valence-electron chi connectivity index (χ4n) is 4.94. The lowest BCUT2D eigenvalue weighted by Crippen LogP contribution is -2.45. The molecule has 200 valence electrons. The largest absolute Gasteiger partial charge is 0.392 e. The number of carbonyl (C=O) groups excluding carboxylic acids is 1. The van der Waals surface area contributed by atoms with Gasteiger partial charge in [0.15, 0.2) is 17.9 Å². The van der Waals surface area contributed by atoms with Crippen molar-refractivity contribution in [3.05, 3.63) is 88.5 Å². The monoisotopic (exact) mass is 523 g/mol. The van der Waals surface area contributed by atoms with Crippen LogP contribution in [0.2, 0.25) is 0 Å². The number of nitrogens with zero attached hydrogens (tertiary/aromatic N) is 3. The number of ether oxygens (including phenoxy) is 1. The lowest BCUT2D eigenvalue weighted by Gasteiger charge is -2.32. The molecule has 9 heteroatoms. The van der Waals surface area contributed by atoms with E-state index in [4.69, 9.17) is 4.74 Å². The first kappa shape index (κ1) is 26.4. The zero-order valence-electron chi connectivity index (χ0n) is 21.2. The molecule has 0 aliphatic carbocycles. The Morgan fingerprint density at radius 1 is 0.947 bits per heavy atom. The van der Waals surface area contributed by atoms with Crippen LogP contribution >= 0.6 is 0 Å². The van der Waals surface area contributed by atoms with Crippen molar-refractivity contribution in [1.82, 2.24) is 9.80 Å². The van der Waals surface area contributed by atoms with Crippen molar-refractivity contribution in [2.75, 3.05) is 51.3 Å². The smallest absolute Gasteiger partial charge is 0.258 e. The number of hydrogen-bond acceptors (Lipinski definition) is 6.